The first-order valence-corrected chi connectivity index (χ1v) is 13.5. The minimum absolute atomic E-state index is 0.171. The average molecular weight is 556 g/mol. The minimum atomic E-state index is -4.50. The van der Waals surface area contributed by atoms with Gasteiger partial charge < -0.3 is 14.2 Å². The number of alkyl halides is 3. The Kier molecular flexibility index (Phi) is 7.75. The maximum atomic E-state index is 13.8. The summed E-state index contributed by atoms with van der Waals surface area (Å²) in [6.07, 6.45) is -0.577. The predicted octanol–water partition coefficient (Wildman–Crippen LogP) is 6.78. The van der Waals surface area contributed by atoms with E-state index in [2.05, 4.69) is 0 Å². The zero-order valence-corrected chi connectivity index (χ0v) is 22.7. The fraction of sp³-hybridized carbons (Fsp3) is 0.452. The molecule has 0 spiro atoms. The van der Waals surface area contributed by atoms with Crippen molar-refractivity contribution >= 4 is 17.5 Å². The third kappa shape index (κ3) is 5.38. The fourth-order valence-corrected chi connectivity index (χ4v) is 6.19. The third-order valence-corrected chi connectivity index (χ3v) is 8.20. The summed E-state index contributed by atoms with van der Waals surface area (Å²) in [7, 11) is 3.09. The molecule has 1 aliphatic heterocycles. The van der Waals surface area contributed by atoms with Crippen LogP contribution in [0.2, 0.25) is 0 Å². The summed E-state index contributed by atoms with van der Waals surface area (Å²) in [5.41, 5.74) is 1.99. The molecule has 0 aromatic heterocycles. The molecule has 1 fully saturated rings. The lowest BCUT2D eigenvalue weighted by Crippen LogP contribution is -2.39. The van der Waals surface area contributed by atoms with Crippen molar-refractivity contribution in [2.24, 2.45) is 10.9 Å². The molecular formula is C31H32F3NO5. The Morgan fingerprint density at radius 2 is 1.57 bits per heavy atom. The molecule has 40 heavy (non-hydrogen) atoms. The second kappa shape index (κ2) is 11.1. The van der Waals surface area contributed by atoms with Gasteiger partial charge in [0.1, 0.15) is 12.0 Å². The van der Waals surface area contributed by atoms with Crippen molar-refractivity contribution in [3.63, 3.8) is 0 Å². The summed E-state index contributed by atoms with van der Waals surface area (Å²) in [5.74, 6) is -1.39. The van der Waals surface area contributed by atoms with Gasteiger partial charge in [0.05, 0.1) is 19.8 Å². The normalized spacial score (nSPS) is 23.5. The number of nitrogens with zero attached hydrogens (tertiary/aromatic N) is 1. The van der Waals surface area contributed by atoms with E-state index in [0.717, 1.165) is 43.4 Å². The predicted molar refractivity (Wildman–Crippen MR) is 143 cm³/mol. The molecule has 1 heterocycles. The molecule has 1 unspecified atom stereocenters. The summed E-state index contributed by atoms with van der Waals surface area (Å²) in [6, 6.07) is 10.2. The number of hydrogen-bond donors (Lipinski definition) is 0. The van der Waals surface area contributed by atoms with Crippen LogP contribution in [0.5, 0.6) is 11.5 Å². The van der Waals surface area contributed by atoms with E-state index in [-0.39, 0.29) is 24.2 Å². The number of halogens is 3. The van der Waals surface area contributed by atoms with Crippen molar-refractivity contribution in [3.8, 4) is 11.5 Å². The number of benzene rings is 2. The van der Waals surface area contributed by atoms with E-state index in [1.54, 1.807) is 27.2 Å². The van der Waals surface area contributed by atoms with Gasteiger partial charge in [-0.15, -0.1) is 0 Å². The quantitative estimate of drug-likeness (QED) is 0.367. The fourth-order valence-electron chi connectivity index (χ4n) is 6.19. The van der Waals surface area contributed by atoms with Gasteiger partial charge in [-0.2, -0.15) is 13.2 Å². The molecule has 2 aromatic rings. The molecule has 212 valence electrons. The van der Waals surface area contributed by atoms with E-state index in [9.17, 15) is 22.8 Å². The molecule has 0 amide bonds. The third-order valence-electron chi connectivity index (χ3n) is 8.20. The molecule has 0 N–H and O–H groups in total. The van der Waals surface area contributed by atoms with Crippen molar-refractivity contribution in [1.82, 2.24) is 0 Å². The van der Waals surface area contributed by atoms with Crippen molar-refractivity contribution in [1.29, 1.82) is 0 Å². The van der Waals surface area contributed by atoms with Gasteiger partial charge in [0.15, 0.2) is 17.3 Å². The van der Waals surface area contributed by atoms with E-state index in [1.165, 1.54) is 12.1 Å². The van der Waals surface area contributed by atoms with Crippen LogP contribution in [-0.2, 0) is 20.5 Å². The number of esters is 1. The number of carbonyl (C=O) groups is 2. The standard InChI is InChI=1S/C31H32F3NO5/c1-17-27(30(37)40-22-6-4-5-7-22)28(18-8-11-21(12-9-18)31(32,33)34)29-23(35-17)14-20(15-24(29)36)19-10-13-25(38-2)26(16-19)39-3/h8-13,16,20,22,27-28H,4-7,14-15H2,1-3H3/t20-,27?,28+/m0/s1. The van der Waals surface area contributed by atoms with Crippen molar-refractivity contribution < 1.29 is 37.0 Å². The largest absolute Gasteiger partial charge is 0.493 e. The SMILES string of the molecule is COc1ccc([C@@H]2CC(=O)C3=C(C2)N=C(C)C(C(=O)OC2CCCC2)[C@H]3c2ccc(C(F)(F)F)cc2)cc1OC. The van der Waals surface area contributed by atoms with Crippen LogP contribution in [-0.4, -0.2) is 37.8 Å². The number of carbonyl (C=O) groups excluding carboxylic acids is 2. The molecule has 2 aromatic carbocycles. The van der Waals surface area contributed by atoms with Crippen LogP contribution in [0.3, 0.4) is 0 Å². The van der Waals surface area contributed by atoms with E-state index < -0.39 is 29.5 Å². The minimum Gasteiger partial charge on any atom is -0.493 e. The number of ketones is 1. The lowest BCUT2D eigenvalue weighted by molar-refractivity contribution is -0.151. The summed E-state index contributed by atoms with van der Waals surface area (Å²) < 4.78 is 56.6. The highest BCUT2D eigenvalue weighted by Gasteiger charge is 2.45. The number of allylic oxidation sites excluding steroid dienone is 2. The van der Waals surface area contributed by atoms with E-state index in [1.807, 2.05) is 12.1 Å². The monoisotopic (exact) mass is 555 g/mol. The molecule has 6 nitrogen and oxygen atoms in total. The van der Waals surface area contributed by atoms with Gasteiger partial charge in [0.25, 0.3) is 0 Å². The molecule has 2 aliphatic carbocycles. The molecule has 1 saturated carbocycles. The second-order valence-electron chi connectivity index (χ2n) is 10.7. The number of hydrogen-bond acceptors (Lipinski definition) is 6. The first-order valence-electron chi connectivity index (χ1n) is 13.5. The van der Waals surface area contributed by atoms with E-state index in [4.69, 9.17) is 19.2 Å². The van der Waals surface area contributed by atoms with Crippen LogP contribution in [0.1, 0.15) is 74.0 Å². The maximum Gasteiger partial charge on any atom is 0.416 e. The lowest BCUT2D eigenvalue weighted by atomic mass is 9.69. The van der Waals surface area contributed by atoms with Crippen molar-refractivity contribution in [3.05, 3.63) is 70.4 Å². The van der Waals surface area contributed by atoms with Crippen LogP contribution in [0, 0.1) is 5.92 Å². The Balaban J connectivity index is 1.54. The van der Waals surface area contributed by atoms with Crippen LogP contribution in [0.15, 0.2) is 58.7 Å². The Labute approximate surface area is 231 Å². The lowest BCUT2D eigenvalue weighted by Gasteiger charge is -2.37. The second-order valence-corrected chi connectivity index (χ2v) is 10.7. The van der Waals surface area contributed by atoms with Crippen LogP contribution in [0.4, 0.5) is 13.2 Å². The Hall–Kier alpha value is -3.62. The number of rotatable bonds is 6. The molecule has 0 radical (unpaired) electrons. The zero-order chi connectivity index (χ0) is 28.6. The molecular weight excluding hydrogens is 523 g/mol. The molecule has 0 bridgehead atoms. The molecule has 3 aliphatic rings. The molecule has 0 saturated heterocycles. The topological polar surface area (TPSA) is 74.2 Å². The molecule has 3 atom stereocenters. The summed E-state index contributed by atoms with van der Waals surface area (Å²) in [4.78, 5) is 32.1. The number of aliphatic imine (C=N–C) groups is 1. The van der Waals surface area contributed by atoms with Crippen LogP contribution < -0.4 is 9.47 Å². The van der Waals surface area contributed by atoms with Crippen molar-refractivity contribution in [2.75, 3.05) is 14.2 Å². The van der Waals surface area contributed by atoms with Gasteiger partial charge in [-0.25, -0.2) is 0 Å². The van der Waals surface area contributed by atoms with E-state index in [0.29, 0.717) is 40.5 Å². The smallest absolute Gasteiger partial charge is 0.416 e. The van der Waals surface area contributed by atoms with Gasteiger partial charge >= 0.3 is 12.1 Å². The summed E-state index contributed by atoms with van der Waals surface area (Å²) >= 11 is 0. The highest BCUT2D eigenvalue weighted by molar-refractivity contribution is 6.09. The first-order chi connectivity index (χ1) is 19.1. The van der Waals surface area contributed by atoms with Gasteiger partial charge in [-0.3, -0.25) is 14.6 Å². The van der Waals surface area contributed by atoms with Crippen LogP contribution >= 0.6 is 0 Å². The highest BCUT2D eigenvalue weighted by Crippen LogP contribution is 2.48. The van der Waals surface area contributed by atoms with Gasteiger partial charge in [0, 0.05) is 29.3 Å². The maximum absolute atomic E-state index is 13.8. The molecule has 5 rings (SSSR count). The Bertz CT molecular complexity index is 1360. The summed E-state index contributed by atoms with van der Waals surface area (Å²) in [5, 5.41) is 0. The van der Waals surface area contributed by atoms with Gasteiger partial charge in [0.2, 0.25) is 0 Å². The van der Waals surface area contributed by atoms with Gasteiger partial charge in [-0.05, 0) is 80.3 Å². The average Bonchev–Trinajstić information content (AvgIpc) is 3.44. The Morgan fingerprint density at radius 1 is 0.925 bits per heavy atom. The number of methoxy groups -OCH3 is 2. The number of ether oxygens (including phenoxy) is 3. The summed E-state index contributed by atoms with van der Waals surface area (Å²) in [6.45, 7) is 1.73. The van der Waals surface area contributed by atoms with E-state index >= 15 is 0 Å². The molecule has 9 heteroatoms. The zero-order valence-electron chi connectivity index (χ0n) is 22.7. The van der Waals surface area contributed by atoms with Crippen molar-refractivity contribution in [2.45, 2.75) is 69.6 Å². The first kappa shape index (κ1) is 27.9. The highest BCUT2D eigenvalue weighted by atomic mass is 19.4. The number of Topliss-reactive ketones (excluding diaryl/α,β-unsaturated/α-hetero) is 1. The van der Waals surface area contributed by atoms with Gasteiger partial charge in [-0.1, -0.05) is 18.2 Å². The van der Waals surface area contributed by atoms with Crippen LogP contribution in [0.25, 0.3) is 0 Å². The Morgan fingerprint density at radius 3 is 2.20 bits per heavy atom.